The first-order valence-electron chi connectivity index (χ1n) is 4.42. The van der Waals surface area contributed by atoms with E-state index < -0.39 is 6.10 Å². The molecule has 0 saturated carbocycles. The molecule has 0 aromatic heterocycles. The van der Waals surface area contributed by atoms with Crippen LogP contribution in [0.25, 0.3) is 0 Å². The molecule has 3 N–H and O–H groups in total. The Labute approximate surface area is 88.3 Å². The molecule has 4 heteroatoms. The van der Waals surface area contributed by atoms with Crippen LogP contribution in [0.5, 0.6) is 0 Å². The first kappa shape index (κ1) is 11.3. The van der Waals surface area contributed by atoms with Gasteiger partial charge in [-0.3, -0.25) is 0 Å². The Morgan fingerprint density at radius 2 is 2.21 bits per heavy atom. The van der Waals surface area contributed by atoms with Crippen LogP contribution in [0, 0.1) is 6.92 Å². The number of hydrogen-bond donors (Lipinski definition) is 3. The van der Waals surface area contributed by atoms with Gasteiger partial charge in [-0.25, -0.2) is 0 Å². The molecule has 14 heavy (non-hydrogen) atoms. The zero-order valence-electron chi connectivity index (χ0n) is 8.00. The maximum atomic E-state index is 9.13. The standard InChI is InChI=1S/C10H14ClNO2/c1-7-4-8(11)2-3-10(7)12-5-9(14)6-13/h2-4,9,12-14H,5-6H2,1H3/t9-/m0/s1. The number of aliphatic hydroxyl groups excluding tert-OH is 2. The van der Waals surface area contributed by atoms with E-state index >= 15 is 0 Å². The molecule has 1 aromatic rings. The zero-order chi connectivity index (χ0) is 10.6. The average Bonchev–Trinajstić information content (AvgIpc) is 2.16. The molecule has 0 fully saturated rings. The van der Waals surface area contributed by atoms with E-state index in [9.17, 15) is 0 Å². The fraction of sp³-hybridized carbons (Fsp3) is 0.400. The summed E-state index contributed by atoms with van der Waals surface area (Å²) in [7, 11) is 0. The maximum absolute atomic E-state index is 9.13. The van der Waals surface area contributed by atoms with Gasteiger partial charge >= 0.3 is 0 Å². The lowest BCUT2D eigenvalue weighted by Gasteiger charge is -2.12. The van der Waals surface area contributed by atoms with Gasteiger partial charge in [0.2, 0.25) is 0 Å². The smallest absolute Gasteiger partial charge is 0.0942 e. The Morgan fingerprint density at radius 3 is 2.79 bits per heavy atom. The molecule has 0 radical (unpaired) electrons. The van der Waals surface area contributed by atoms with Crippen LogP contribution in [-0.4, -0.2) is 29.5 Å². The van der Waals surface area contributed by atoms with Crippen LogP contribution in [0.3, 0.4) is 0 Å². The molecule has 0 saturated heterocycles. The second-order valence-electron chi connectivity index (χ2n) is 3.18. The summed E-state index contributed by atoms with van der Waals surface area (Å²) in [6, 6.07) is 5.47. The highest BCUT2D eigenvalue weighted by atomic mass is 35.5. The summed E-state index contributed by atoms with van der Waals surface area (Å²) >= 11 is 5.79. The molecule has 0 heterocycles. The van der Waals surface area contributed by atoms with Gasteiger partial charge in [0.1, 0.15) is 0 Å². The van der Waals surface area contributed by atoms with Gasteiger partial charge in [0.25, 0.3) is 0 Å². The molecule has 1 aromatic carbocycles. The molecule has 0 spiro atoms. The van der Waals surface area contributed by atoms with E-state index in [1.807, 2.05) is 19.1 Å². The van der Waals surface area contributed by atoms with Gasteiger partial charge in [-0.05, 0) is 30.7 Å². The van der Waals surface area contributed by atoms with Gasteiger partial charge in [-0.1, -0.05) is 11.6 Å². The van der Waals surface area contributed by atoms with E-state index in [1.54, 1.807) is 6.07 Å². The third-order valence-corrected chi connectivity index (χ3v) is 2.16. The lowest BCUT2D eigenvalue weighted by atomic mass is 10.2. The Balaban J connectivity index is 2.59. The number of aryl methyl sites for hydroxylation is 1. The predicted octanol–water partition coefficient (Wildman–Crippen LogP) is 1.41. The highest BCUT2D eigenvalue weighted by molar-refractivity contribution is 6.30. The molecule has 0 aliphatic carbocycles. The molecule has 0 amide bonds. The first-order valence-corrected chi connectivity index (χ1v) is 4.80. The van der Waals surface area contributed by atoms with Gasteiger partial charge in [-0.15, -0.1) is 0 Å². The minimum absolute atomic E-state index is 0.236. The monoisotopic (exact) mass is 215 g/mol. The van der Waals surface area contributed by atoms with E-state index in [2.05, 4.69) is 5.32 Å². The molecular formula is C10H14ClNO2. The van der Waals surface area contributed by atoms with Crippen molar-refractivity contribution < 1.29 is 10.2 Å². The second-order valence-corrected chi connectivity index (χ2v) is 3.61. The highest BCUT2D eigenvalue weighted by Crippen LogP contribution is 2.19. The summed E-state index contributed by atoms with van der Waals surface area (Å²) in [4.78, 5) is 0. The minimum Gasteiger partial charge on any atom is -0.394 e. The van der Waals surface area contributed by atoms with Gasteiger partial charge in [0.15, 0.2) is 0 Å². The van der Waals surface area contributed by atoms with E-state index in [0.29, 0.717) is 11.6 Å². The number of benzene rings is 1. The number of hydrogen-bond acceptors (Lipinski definition) is 3. The largest absolute Gasteiger partial charge is 0.394 e. The number of aliphatic hydroxyl groups is 2. The Hall–Kier alpha value is -0.770. The van der Waals surface area contributed by atoms with Crippen molar-refractivity contribution in [3.63, 3.8) is 0 Å². The van der Waals surface area contributed by atoms with Crippen molar-refractivity contribution >= 4 is 17.3 Å². The Morgan fingerprint density at radius 1 is 1.50 bits per heavy atom. The SMILES string of the molecule is Cc1cc(Cl)ccc1NC[C@H](O)CO. The third kappa shape index (κ3) is 3.18. The van der Waals surface area contributed by atoms with Crippen molar-refractivity contribution in [2.75, 3.05) is 18.5 Å². The highest BCUT2D eigenvalue weighted by Gasteiger charge is 2.03. The van der Waals surface area contributed by atoms with Crippen LogP contribution in [0.4, 0.5) is 5.69 Å². The summed E-state index contributed by atoms with van der Waals surface area (Å²) in [6.07, 6.45) is -0.731. The van der Waals surface area contributed by atoms with E-state index in [-0.39, 0.29) is 6.61 Å². The second kappa shape index (κ2) is 5.20. The van der Waals surface area contributed by atoms with Crippen LogP contribution < -0.4 is 5.32 Å². The lowest BCUT2D eigenvalue weighted by molar-refractivity contribution is 0.105. The van der Waals surface area contributed by atoms with Gasteiger partial charge in [-0.2, -0.15) is 0 Å². The Kier molecular flexibility index (Phi) is 4.20. The van der Waals surface area contributed by atoms with Crippen molar-refractivity contribution in [1.29, 1.82) is 0 Å². The molecule has 0 aliphatic heterocycles. The fourth-order valence-corrected chi connectivity index (χ4v) is 1.34. The first-order chi connectivity index (χ1) is 6.63. The summed E-state index contributed by atoms with van der Waals surface area (Å²) in [5.41, 5.74) is 1.93. The number of anilines is 1. The quantitative estimate of drug-likeness (QED) is 0.712. The van der Waals surface area contributed by atoms with Gasteiger partial charge < -0.3 is 15.5 Å². The fourth-order valence-electron chi connectivity index (χ4n) is 1.12. The zero-order valence-corrected chi connectivity index (χ0v) is 8.75. The van der Waals surface area contributed by atoms with Crippen molar-refractivity contribution in [3.8, 4) is 0 Å². The molecule has 78 valence electrons. The lowest BCUT2D eigenvalue weighted by Crippen LogP contribution is -2.23. The molecule has 0 aliphatic rings. The van der Waals surface area contributed by atoms with E-state index in [4.69, 9.17) is 21.8 Å². The number of rotatable bonds is 4. The number of halogens is 1. The van der Waals surface area contributed by atoms with E-state index in [0.717, 1.165) is 11.3 Å². The van der Waals surface area contributed by atoms with Crippen molar-refractivity contribution in [2.24, 2.45) is 0 Å². The number of nitrogens with one attached hydrogen (secondary N) is 1. The minimum atomic E-state index is -0.731. The summed E-state index contributed by atoms with van der Waals surface area (Å²) in [6.45, 7) is 2.03. The van der Waals surface area contributed by atoms with Crippen molar-refractivity contribution in [1.82, 2.24) is 0 Å². The van der Waals surface area contributed by atoms with Crippen molar-refractivity contribution in [2.45, 2.75) is 13.0 Å². The predicted molar refractivity (Wildman–Crippen MR) is 57.8 cm³/mol. The normalized spacial score (nSPS) is 12.6. The van der Waals surface area contributed by atoms with Crippen LogP contribution >= 0.6 is 11.6 Å². The van der Waals surface area contributed by atoms with Gasteiger partial charge in [0.05, 0.1) is 12.7 Å². The molecular weight excluding hydrogens is 202 g/mol. The van der Waals surface area contributed by atoms with Crippen LogP contribution in [-0.2, 0) is 0 Å². The summed E-state index contributed by atoms with van der Waals surface area (Å²) in [5, 5.41) is 21.5. The Bertz CT molecular complexity index is 304. The summed E-state index contributed by atoms with van der Waals surface area (Å²) < 4.78 is 0. The molecule has 1 rings (SSSR count). The summed E-state index contributed by atoms with van der Waals surface area (Å²) in [5.74, 6) is 0. The molecule has 3 nitrogen and oxygen atoms in total. The average molecular weight is 216 g/mol. The van der Waals surface area contributed by atoms with E-state index in [1.165, 1.54) is 0 Å². The van der Waals surface area contributed by atoms with Crippen LogP contribution in [0.15, 0.2) is 18.2 Å². The molecule has 0 bridgehead atoms. The van der Waals surface area contributed by atoms with Gasteiger partial charge in [0, 0.05) is 17.3 Å². The van der Waals surface area contributed by atoms with Crippen molar-refractivity contribution in [3.05, 3.63) is 28.8 Å². The third-order valence-electron chi connectivity index (χ3n) is 1.93. The van der Waals surface area contributed by atoms with Crippen LogP contribution in [0.1, 0.15) is 5.56 Å². The molecule has 1 atom stereocenters. The maximum Gasteiger partial charge on any atom is 0.0942 e. The topological polar surface area (TPSA) is 52.5 Å². The molecule has 0 unspecified atom stereocenters. The van der Waals surface area contributed by atoms with Crippen LogP contribution in [0.2, 0.25) is 5.02 Å².